The average Bonchev–Trinajstić information content (AvgIpc) is 3.39. The highest BCUT2D eigenvalue weighted by Gasteiger charge is 2.31. The molecular weight excluding hydrogens is 862 g/mol. The van der Waals surface area contributed by atoms with Crippen LogP contribution in [-0.4, -0.2) is 43.4 Å². The van der Waals surface area contributed by atoms with Crippen molar-refractivity contribution in [3.63, 3.8) is 0 Å². The van der Waals surface area contributed by atoms with E-state index in [1.807, 2.05) is 44.2 Å². The fourth-order valence-electron chi connectivity index (χ4n) is 5.08. The van der Waals surface area contributed by atoms with Crippen LogP contribution in [-0.2, 0) is 20.9 Å². The number of rotatable bonds is 12. The van der Waals surface area contributed by atoms with Crippen LogP contribution < -0.4 is 29.1 Å². The molecule has 0 bridgehead atoms. The monoisotopic (exact) mass is 894 g/mol. The highest BCUT2D eigenvalue weighted by molar-refractivity contribution is 14.1. The molecule has 5 rings (SSSR count). The first-order valence-corrected chi connectivity index (χ1v) is 18.0. The third-order valence-electron chi connectivity index (χ3n) is 7.18. The predicted octanol–water partition coefficient (Wildman–Crippen LogP) is 5.78. The summed E-state index contributed by atoms with van der Waals surface area (Å²) in [6.07, 6.45) is 3.24. The highest BCUT2D eigenvalue weighted by Crippen LogP contribution is 2.35. The first kappa shape index (κ1) is 35.6. The number of aromatic nitrogens is 1. The molecule has 48 heavy (non-hydrogen) atoms. The Hall–Kier alpha value is -3.70. The van der Waals surface area contributed by atoms with Gasteiger partial charge in [-0.3, -0.25) is 9.36 Å². The number of thiazole rings is 1. The molecule has 1 aliphatic rings. The summed E-state index contributed by atoms with van der Waals surface area (Å²) in [6.45, 7) is 6.92. The Morgan fingerprint density at radius 1 is 0.917 bits per heavy atom. The van der Waals surface area contributed by atoms with E-state index in [1.54, 1.807) is 37.3 Å². The van der Waals surface area contributed by atoms with E-state index in [1.165, 1.54) is 29.2 Å². The van der Waals surface area contributed by atoms with Crippen LogP contribution in [0.2, 0.25) is 0 Å². The maximum Gasteiger partial charge on any atom is 0.338 e. The number of nitrogens with zero attached hydrogens (tertiary/aromatic N) is 2. The molecule has 13 heteroatoms. The Morgan fingerprint density at radius 2 is 1.65 bits per heavy atom. The number of carbonyl (C=O) groups excluding carboxylic acids is 2. The lowest BCUT2D eigenvalue weighted by atomic mass is 9.97. The van der Waals surface area contributed by atoms with Crippen LogP contribution in [0.4, 0.5) is 0 Å². The molecule has 1 aromatic heterocycles. The molecule has 3 aromatic carbocycles. The van der Waals surface area contributed by atoms with E-state index in [0.29, 0.717) is 63.1 Å². The summed E-state index contributed by atoms with van der Waals surface area (Å²) in [4.78, 5) is 44.1. The number of benzene rings is 3. The number of fused-ring (bicyclic) bond motifs is 1. The van der Waals surface area contributed by atoms with Gasteiger partial charge < -0.3 is 23.7 Å². The third kappa shape index (κ3) is 7.78. The quantitative estimate of drug-likeness (QED) is 0.130. The van der Waals surface area contributed by atoms with Crippen LogP contribution in [0.5, 0.6) is 17.2 Å². The highest BCUT2D eigenvalue weighted by atomic mass is 127. The van der Waals surface area contributed by atoms with Crippen molar-refractivity contribution < 1.29 is 33.3 Å². The van der Waals surface area contributed by atoms with E-state index in [-0.39, 0.29) is 23.7 Å². The Morgan fingerprint density at radius 3 is 2.33 bits per heavy atom. The summed E-state index contributed by atoms with van der Waals surface area (Å²) < 4.78 is 31.8. The maximum atomic E-state index is 14.2. The van der Waals surface area contributed by atoms with Crippen LogP contribution in [0.1, 0.15) is 53.9 Å². The van der Waals surface area contributed by atoms with E-state index in [9.17, 15) is 14.4 Å². The van der Waals surface area contributed by atoms with Gasteiger partial charge in [-0.1, -0.05) is 29.5 Å². The zero-order chi connectivity index (χ0) is 34.4. The smallest absolute Gasteiger partial charge is 0.338 e. The fourth-order valence-corrected chi connectivity index (χ4v) is 8.08. The Balaban J connectivity index is 1.56. The van der Waals surface area contributed by atoms with Gasteiger partial charge in [0.25, 0.3) is 5.56 Å². The fraction of sp³-hybridized carbons (Fsp3) is 0.257. The minimum Gasteiger partial charge on any atom is -0.490 e. The Bertz CT molecular complexity index is 2050. The zero-order valence-corrected chi connectivity index (χ0v) is 31.7. The molecule has 0 aliphatic carbocycles. The lowest BCUT2D eigenvalue weighted by molar-refractivity contribution is -0.136. The molecule has 0 saturated heterocycles. The standard InChI is InChI=1S/C35H32I2N2O8S/c1-5-44-27-13-12-22(15-28(27)45-6-2)30-25(34(42)43-4)18-38-35-39(30)32(40)29(48-35)16-23-14-24(36)17-26(37)31(23)47-19-20-8-10-21(11-9-20)33(41)46-7-3/h8-18,30H,5-7,19H2,1-4H3/b29-16+/t30-/m0/s1. The lowest BCUT2D eigenvalue weighted by Crippen LogP contribution is -2.39. The van der Waals surface area contributed by atoms with Gasteiger partial charge in [0.1, 0.15) is 12.4 Å². The van der Waals surface area contributed by atoms with Crippen molar-refractivity contribution in [1.29, 1.82) is 0 Å². The summed E-state index contributed by atoms with van der Waals surface area (Å²) in [5.41, 5.74) is 2.57. The van der Waals surface area contributed by atoms with Gasteiger partial charge in [-0.25, -0.2) is 14.6 Å². The second kappa shape index (κ2) is 16.1. The largest absolute Gasteiger partial charge is 0.490 e. The van der Waals surface area contributed by atoms with Crippen molar-refractivity contribution in [3.05, 3.63) is 115 Å². The molecule has 4 aromatic rings. The van der Waals surface area contributed by atoms with E-state index < -0.39 is 12.0 Å². The number of hydrogen-bond acceptors (Lipinski definition) is 10. The van der Waals surface area contributed by atoms with E-state index >= 15 is 0 Å². The minimum absolute atomic E-state index is 0.213. The van der Waals surface area contributed by atoms with Crippen LogP contribution in [0.15, 0.2) is 76.2 Å². The molecule has 0 spiro atoms. The molecule has 0 unspecified atom stereocenters. The molecular formula is C35H32I2N2O8S. The first-order valence-electron chi connectivity index (χ1n) is 15.1. The molecule has 10 nitrogen and oxygen atoms in total. The summed E-state index contributed by atoms with van der Waals surface area (Å²) in [7, 11) is 1.30. The van der Waals surface area contributed by atoms with Crippen molar-refractivity contribution in [3.8, 4) is 17.2 Å². The number of halogens is 2. The Kier molecular flexibility index (Phi) is 12.0. The number of methoxy groups -OCH3 is 1. The summed E-state index contributed by atoms with van der Waals surface area (Å²) in [5, 5.41) is 0. The zero-order valence-electron chi connectivity index (χ0n) is 26.6. The van der Waals surface area contributed by atoms with Crippen molar-refractivity contribution in [1.82, 2.24) is 4.57 Å². The lowest BCUT2D eigenvalue weighted by Gasteiger charge is -2.23. The molecule has 1 aliphatic heterocycles. The van der Waals surface area contributed by atoms with Gasteiger partial charge in [0.15, 0.2) is 16.3 Å². The third-order valence-corrected chi connectivity index (χ3v) is 9.60. The van der Waals surface area contributed by atoms with Crippen molar-refractivity contribution >= 4 is 74.5 Å². The Labute approximate surface area is 308 Å². The van der Waals surface area contributed by atoms with E-state index in [4.69, 9.17) is 23.7 Å². The molecule has 0 N–H and O–H groups in total. The summed E-state index contributed by atoms with van der Waals surface area (Å²) in [5.74, 6) is 0.707. The van der Waals surface area contributed by atoms with Gasteiger partial charge in [0.05, 0.1) is 52.2 Å². The normalized spacial score (nSPS) is 14.0. The predicted molar refractivity (Wildman–Crippen MR) is 199 cm³/mol. The van der Waals surface area contributed by atoms with Crippen molar-refractivity contribution in [2.45, 2.75) is 33.4 Å². The number of ether oxygens (including phenoxy) is 5. The average molecular weight is 895 g/mol. The van der Waals surface area contributed by atoms with Crippen LogP contribution in [0.25, 0.3) is 6.08 Å². The minimum atomic E-state index is -0.810. The van der Waals surface area contributed by atoms with Crippen LogP contribution >= 0.6 is 56.5 Å². The first-order chi connectivity index (χ1) is 23.2. The molecule has 0 saturated carbocycles. The molecule has 0 amide bonds. The van der Waals surface area contributed by atoms with Crippen molar-refractivity contribution in [2.24, 2.45) is 4.99 Å². The van der Waals surface area contributed by atoms with Gasteiger partial charge >= 0.3 is 11.9 Å². The van der Waals surface area contributed by atoms with E-state index in [2.05, 4.69) is 50.2 Å². The van der Waals surface area contributed by atoms with E-state index in [0.717, 1.165) is 12.7 Å². The van der Waals surface area contributed by atoms with Gasteiger partial charge in [-0.15, -0.1) is 0 Å². The molecule has 1 atom stereocenters. The number of carbonyl (C=O) groups is 2. The van der Waals surface area contributed by atoms with Gasteiger partial charge in [0.2, 0.25) is 0 Å². The van der Waals surface area contributed by atoms with Gasteiger partial charge in [-0.2, -0.15) is 0 Å². The van der Waals surface area contributed by atoms with Crippen LogP contribution in [0, 0.1) is 7.14 Å². The van der Waals surface area contributed by atoms with Gasteiger partial charge in [0, 0.05) is 15.3 Å². The molecule has 2 heterocycles. The van der Waals surface area contributed by atoms with Crippen molar-refractivity contribution in [2.75, 3.05) is 26.9 Å². The molecule has 0 fully saturated rings. The number of hydrogen-bond donors (Lipinski definition) is 0. The SMILES string of the molecule is CCOC(=O)c1ccc(COc2c(I)cc(I)cc2/C=c2/sc3n(c2=O)[C@@H](c2ccc(OCC)c(OCC)c2)C(C(=O)OC)=CN=3)cc1. The topological polar surface area (TPSA) is 115 Å². The maximum absolute atomic E-state index is 14.2. The second-order valence-electron chi connectivity index (χ2n) is 10.3. The molecule has 0 radical (unpaired) electrons. The second-order valence-corrected chi connectivity index (χ2v) is 13.7. The summed E-state index contributed by atoms with van der Waals surface area (Å²) >= 11 is 5.66. The number of esters is 2. The van der Waals surface area contributed by atoms with Gasteiger partial charge in [-0.05, 0) is 120 Å². The molecule has 250 valence electrons. The summed E-state index contributed by atoms with van der Waals surface area (Å²) in [6, 6.07) is 15.5. The van der Waals surface area contributed by atoms with Crippen LogP contribution in [0.3, 0.4) is 0 Å².